The lowest BCUT2D eigenvalue weighted by Crippen LogP contribution is -2.71. The van der Waals surface area contributed by atoms with Crippen molar-refractivity contribution < 1.29 is 24.3 Å². The number of nitrogens with one attached hydrogen (secondary N) is 1. The number of fused-ring (bicyclic) bond motifs is 1. The van der Waals surface area contributed by atoms with Crippen LogP contribution in [0.25, 0.3) is 0 Å². The van der Waals surface area contributed by atoms with Crippen molar-refractivity contribution in [3.63, 3.8) is 0 Å². The van der Waals surface area contributed by atoms with E-state index in [2.05, 4.69) is 15.5 Å². The number of carbonyl (C=O) groups is 3. The molecular weight excluding hydrogens is 574 g/mol. The summed E-state index contributed by atoms with van der Waals surface area (Å²) in [5.41, 5.74) is 8.67. The number of β-lactam (4-membered cyclic amide) rings is 1. The maximum Gasteiger partial charge on any atom is 0.356 e. The van der Waals surface area contributed by atoms with Gasteiger partial charge in [-0.1, -0.05) is 77.4 Å². The van der Waals surface area contributed by atoms with Crippen molar-refractivity contribution in [1.29, 1.82) is 0 Å². The Labute approximate surface area is 242 Å². The van der Waals surface area contributed by atoms with E-state index >= 15 is 0 Å². The third-order valence-electron chi connectivity index (χ3n) is 6.25. The molecule has 10 nitrogen and oxygen atoms in total. The van der Waals surface area contributed by atoms with Gasteiger partial charge in [0, 0.05) is 16.7 Å². The number of rotatable bonds is 8. The van der Waals surface area contributed by atoms with Gasteiger partial charge in [0.05, 0.1) is 0 Å². The molecule has 4 N–H and O–H groups in total. The van der Waals surface area contributed by atoms with Crippen LogP contribution in [0.2, 0.25) is 0 Å². The number of aromatic nitrogens is 1. The number of thiazole rings is 1. The lowest BCUT2D eigenvalue weighted by Gasteiger charge is -2.49. The predicted octanol–water partition coefficient (Wildman–Crippen LogP) is 3.64. The summed E-state index contributed by atoms with van der Waals surface area (Å²) in [7, 11) is 0. The molecule has 2 amide bonds. The van der Waals surface area contributed by atoms with Gasteiger partial charge in [-0.15, -0.1) is 23.1 Å². The van der Waals surface area contributed by atoms with Crippen LogP contribution in [0.5, 0.6) is 0 Å². The number of oxime groups is 1. The first-order valence-corrected chi connectivity index (χ1v) is 14.3. The van der Waals surface area contributed by atoms with E-state index in [9.17, 15) is 19.6 Å². The zero-order valence-electron chi connectivity index (χ0n) is 20.6. The van der Waals surface area contributed by atoms with Crippen molar-refractivity contribution in [3.05, 3.63) is 106 Å². The molecule has 40 heavy (non-hydrogen) atoms. The van der Waals surface area contributed by atoms with E-state index in [1.54, 1.807) is 6.08 Å². The van der Waals surface area contributed by atoms with Crippen molar-refractivity contribution in [2.45, 2.75) is 17.5 Å². The summed E-state index contributed by atoms with van der Waals surface area (Å²) in [5.74, 6) is -1.70. The number of allylic oxidation sites excluding steroid dienone is 1. The van der Waals surface area contributed by atoms with Gasteiger partial charge in [0.15, 0.2) is 16.9 Å². The van der Waals surface area contributed by atoms with Gasteiger partial charge >= 0.3 is 5.97 Å². The summed E-state index contributed by atoms with van der Waals surface area (Å²) in [6.45, 7) is 0. The van der Waals surface area contributed by atoms with Crippen molar-refractivity contribution in [2.75, 3.05) is 11.5 Å². The van der Waals surface area contributed by atoms with Crippen LogP contribution in [0.15, 0.2) is 94.1 Å². The molecule has 2 atom stereocenters. The number of anilines is 1. The molecule has 5 rings (SSSR count). The number of benzene rings is 2. The van der Waals surface area contributed by atoms with Crippen LogP contribution in [0.3, 0.4) is 0 Å². The summed E-state index contributed by atoms with van der Waals surface area (Å²) in [6.07, 6.45) is 0.821. The third-order valence-corrected chi connectivity index (χ3v) is 8.35. The van der Waals surface area contributed by atoms with E-state index in [1.807, 2.05) is 60.7 Å². The molecule has 0 aliphatic carbocycles. The quantitative estimate of drug-likeness (QED) is 0.118. The van der Waals surface area contributed by atoms with E-state index in [4.69, 9.17) is 22.1 Å². The Kier molecular flexibility index (Phi) is 8.19. The second kappa shape index (κ2) is 11.9. The number of ether oxygens (including phenoxy) is 1. The molecule has 2 aliphatic rings. The number of thioether (sulfide) groups is 1. The average molecular weight is 596 g/mol. The molecular formula is C27H22ClN5O5S2. The molecule has 3 heterocycles. The lowest BCUT2D eigenvalue weighted by atomic mass is 10.0. The molecule has 1 aromatic heterocycles. The molecule has 3 aromatic rings. The molecule has 2 unspecified atom stereocenters. The maximum atomic E-state index is 13.7. The van der Waals surface area contributed by atoms with Gasteiger partial charge in [-0.25, -0.2) is 9.78 Å². The van der Waals surface area contributed by atoms with Crippen LogP contribution in [0.4, 0.5) is 5.13 Å². The van der Waals surface area contributed by atoms with Gasteiger partial charge in [0.25, 0.3) is 11.8 Å². The Hall–Kier alpha value is -4.13. The first-order valence-electron chi connectivity index (χ1n) is 11.9. The summed E-state index contributed by atoms with van der Waals surface area (Å²) in [5, 5.41) is 16.1. The first-order chi connectivity index (χ1) is 19.4. The Morgan fingerprint density at radius 1 is 1.18 bits per heavy atom. The predicted molar refractivity (Wildman–Crippen MR) is 153 cm³/mol. The fourth-order valence-corrected chi connectivity index (χ4v) is 6.42. The van der Waals surface area contributed by atoms with Gasteiger partial charge in [-0.2, -0.15) is 0 Å². The van der Waals surface area contributed by atoms with Crippen LogP contribution in [-0.2, 0) is 19.1 Å². The number of nitrogens with zero attached hydrogens (tertiary/aromatic N) is 3. The van der Waals surface area contributed by atoms with Crippen LogP contribution < -0.4 is 11.1 Å². The standard InChI is InChI=1S/C27H22ClN5O5S2/c28-12-11-17-13-39-25-20(31-23(34)19(32-37)18-14-40-27(29)30-18)24(35)33(25)21(17)26(36)38-22(15-7-3-1-4-8-15)16-9-5-2-6-10-16/h1-12,14,20,22,25,37H,13H2,(H2,29,30)(H,31,34)/b12-11+,32-19+. The highest BCUT2D eigenvalue weighted by atomic mass is 35.5. The minimum absolute atomic E-state index is 0.0522. The maximum absolute atomic E-state index is 13.7. The highest BCUT2D eigenvalue weighted by Crippen LogP contribution is 2.42. The Bertz CT molecular complexity index is 1490. The van der Waals surface area contributed by atoms with Gasteiger partial charge < -0.3 is 21.0 Å². The summed E-state index contributed by atoms with van der Waals surface area (Å²) >= 11 is 8.28. The van der Waals surface area contributed by atoms with E-state index in [1.165, 1.54) is 27.6 Å². The number of esters is 1. The monoisotopic (exact) mass is 595 g/mol. The molecule has 2 aromatic carbocycles. The highest BCUT2D eigenvalue weighted by Gasteiger charge is 2.54. The van der Waals surface area contributed by atoms with E-state index < -0.39 is 35.3 Å². The van der Waals surface area contributed by atoms with E-state index in [0.717, 1.165) is 22.5 Å². The number of hydrogen-bond acceptors (Lipinski definition) is 10. The topological polar surface area (TPSA) is 147 Å². The van der Waals surface area contributed by atoms with Crippen molar-refractivity contribution in [3.8, 4) is 0 Å². The van der Waals surface area contributed by atoms with Gasteiger partial charge in [0.2, 0.25) is 0 Å². The fraction of sp³-hybridized carbons (Fsp3) is 0.148. The number of carbonyl (C=O) groups excluding carboxylic acids is 3. The minimum atomic E-state index is -0.978. The van der Waals surface area contributed by atoms with E-state index in [0.29, 0.717) is 11.3 Å². The Balaban J connectivity index is 1.40. The number of nitrogen functional groups attached to an aromatic ring is 1. The van der Waals surface area contributed by atoms with Crippen LogP contribution >= 0.6 is 34.7 Å². The molecule has 0 bridgehead atoms. The van der Waals surface area contributed by atoms with Crippen molar-refractivity contribution in [1.82, 2.24) is 15.2 Å². The largest absolute Gasteiger partial charge is 0.448 e. The average Bonchev–Trinajstić information content (AvgIpc) is 3.41. The smallest absolute Gasteiger partial charge is 0.356 e. The normalized spacial score (nSPS) is 19.0. The molecule has 13 heteroatoms. The van der Waals surface area contributed by atoms with Gasteiger partial charge in [-0.3, -0.25) is 14.5 Å². The number of amides is 2. The van der Waals surface area contributed by atoms with E-state index in [-0.39, 0.29) is 22.2 Å². The third kappa shape index (κ3) is 5.33. The van der Waals surface area contributed by atoms with Crippen molar-refractivity contribution in [2.24, 2.45) is 5.16 Å². The fourth-order valence-electron chi connectivity index (χ4n) is 4.40. The van der Waals surface area contributed by atoms with Gasteiger partial charge in [-0.05, 0) is 22.8 Å². The lowest BCUT2D eigenvalue weighted by molar-refractivity contribution is -0.154. The minimum Gasteiger partial charge on any atom is -0.448 e. The second-order valence-corrected chi connectivity index (χ2v) is 10.9. The molecule has 1 fully saturated rings. The number of nitrogens with two attached hydrogens (primary N) is 1. The molecule has 0 radical (unpaired) electrons. The molecule has 204 valence electrons. The summed E-state index contributed by atoms with van der Waals surface area (Å²) in [6, 6.07) is 17.6. The molecule has 1 saturated heterocycles. The molecule has 2 aliphatic heterocycles. The van der Waals surface area contributed by atoms with Gasteiger partial charge in [0.1, 0.15) is 22.8 Å². The zero-order valence-corrected chi connectivity index (χ0v) is 23.0. The number of hydrogen-bond donors (Lipinski definition) is 3. The highest BCUT2D eigenvalue weighted by molar-refractivity contribution is 8.00. The summed E-state index contributed by atoms with van der Waals surface area (Å²) < 4.78 is 6.04. The summed E-state index contributed by atoms with van der Waals surface area (Å²) in [4.78, 5) is 45.2. The van der Waals surface area contributed by atoms with Crippen LogP contribution in [0, 0.1) is 0 Å². The van der Waals surface area contributed by atoms with Crippen LogP contribution in [-0.4, -0.2) is 55.8 Å². The Morgan fingerprint density at radius 3 is 2.38 bits per heavy atom. The SMILES string of the molecule is Nc1nc(/C(=N\O)C(=O)NC2C(=O)N3C(C(=O)OC(c4ccccc4)c4ccccc4)=C(/C=C/Cl)CSC23)cs1. The number of halogens is 1. The Morgan fingerprint density at radius 2 is 1.82 bits per heavy atom. The molecule has 0 saturated carbocycles. The zero-order chi connectivity index (χ0) is 28.2. The first kappa shape index (κ1) is 27.4. The molecule has 0 spiro atoms. The second-order valence-electron chi connectivity index (χ2n) is 8.65. The van der Waals surface area contributed by atoms with Crippen molar-refractivity contribution >= 4 is 63.3 Å². The van der Waals surface area contributed by atoms with Crippen LogP contribution in [0.1, 0.15) is 22.9 Å².